The van der Waals surface area contributed by atoms with Gasteiger partial charge >= 0.3 is 0 Å². The zero-order valence-corrected chi connectivity index (χ0v) is 14.7. The molecular weight excluding hydrogens is 328 g/mol. The number of carbonyl (C=O) groups is 2. The molecule has 0 unspecified atom stereocenters. The average Bonchev–Trinajstić information content (AvgIpc) is 3.04. The number of benzene rings is 2. The van der Waals surface area contributed by atoms with Crippen LogP contribution in [0.2, 0.25) is 0 Å². The topological polar surface area (TPSA) is 76.0 Å². The van der Waals surface area contributed by atoms with Crippen molar-refractivity contribution in [1.82, 2.24) is 15.1 Å². The third-order valence-electron chi connectivity index (χ3n) is 3.95. The van der Waals surface area contributed by atoms with Crippen molar-refractivity contribution in [1.29, 1.82) is 0 Å². The van der Waals surface area contributed by atoms with Crippen molar-refractivity contribution in [2.45, 2.75) is 20.4 Å². The molecule has 0 aliphatic heterocycles. The molecule has 6 nitrogen and oxygen atoms in total. The molecule has 1 aromatic heterocycles. The van der Waals surface area contributed by atoms with Crippen LogP contribution in [0.1, 0.15) is 28.5 Å². The third kappa shape index (κ3) is 3.97. The van der Waals surface area contributed by atoms with E-state index in [2.05, 4.69) is 15.7 Å². The van der Waals surface area contributed by atoms with Crippen molar-refractivity contribution in [2.24, 2.45) is 0 Å². The quantitative estimate of drug-likeness (QED) is 0.744. The highest BCUT2D eigenvalue weighted by Crippen LogP contribution is 2.17. The fourth-order valence-corrected chi connectivity index (χ4v) is 2.60. The van der Waals surface area contributed by atoms with Gasteiger partial charge in [0.2, 0.25) is 5.91 Å². The molecule has 0 bridgehead atoms. The van der Waals surface area contributed by atoms with Gasteiger partial charge in [-0.2, -0.15) is 5.10 Å². The molecular formula is C20H20N4O2. The average molecular weight is 348 g/mol. The van der Waals surface area contributed by atoms with Crippen LogP contribution in [0.25, 0.3) is 5.69 Å². The zero-order valence-electron chi connectivity index (χ0n) is 14.7. The second kappa shape index (κ2) is 7.65. The summed E-state index contributed by atoms with van der Waals surface area (Å²) in [4.78, 5) is 24.0. The minimum Gasteiger partial charge on any atom is -0.347 e. The highest BCUT2D eigenvalue weighted by Gasteiger charge is 2.16. The molecule has 1 heterocycles. The second-order valence-corrected chi connectivity index (χ2v) is 5.95. The van der Waals surface area contributed by atoms with Gasteiger partial charge in [-0.1, -0.05) is 42.5 Å². The van der Waals surface area contributed by atoms with Crippen LogP contribution in [0.15, 0.2) is 60.7 Å². The number of carbonyl (C=O) groups excluding carboxylic acids is 2. The Kier molecular flexibility index (Phi) is 5.12. The summed E-state index contributed by atoms with van der Waals surface area (Å²) in [5, 5.41) is 9.94. The molecule has 0 radical (unpaired) electrons. The smallest absolute Gasteiger partial charge is 0.272 e. The number of nitrogens with one attached hydrogen (secondary N) is 2. The molecule has 0 saturated heterocycles. The first kappa shape index (κ1) is 17.4. The van der Waals surface area contributed by atoms with Crippen LogP contribution in [0.3, 0.4) is 0 Å². The predicted octanol–water partition coefficient (Wildman–Crippen LogP) is 3.07. The SMILES string of the molecule is CC(=O)Nc1cc(C(=O)NCc2ccccc2C)nn1-c1ccccc1. The molecule has 0 aliphatic carbocycles. The zero-order chi connectivity index (χ0) is 18.5. The number of para-hydroxylation sites is 1. The van der Waals surface area contributed by atoms with E-state index in [0.717, 1.165) is 16.8 Å². The largest absolute Gasteiger partial charge is 0.347 e. The van der Waals surface area contributed by atoms with E-state index in [1.54, 1.807) is 10.7 Å². The van der Waals surface area contributed by atoms with Gasteiger partial charge in [0, 0.05) is 19.5 Å². The summed E-state index contributed by atoms with van der Waals surface area (Å²) in [5.74, 6) is -0.0757. The monoisotopic (exact) mass is 348 g/mol. The Bertz CT molecular complexity index is 932. The Hall–Kier alpha value is -3.41. The molecule has 0 spiro atoms. The number of aryl methyl sites for hydroxylation is 1. The van der Waals surface area contributed by atoms with Crippen molar-refractivity contribution in [2.75, 3.05) is 5.32 Å². The van der Waals surface area contributed by atoms with Crippen molar-refractivity contribution < 1.29 is 9.59 Å². The van der Waals surface area contributed by atoms with Crippen molar-refractivity contribution >= 4 is 17.6 Å². The lowest BCUT2D eigenvalue weighted by Gasteiger charge is -2.07. The number of aromatic nitrogens is 2. The van der Waals surface area contributed by atoms with E-state index in [0.29, 0.717) is 12.4 Å². The summed E-state index contributed by atoms with van der Waals surface area (Å²) in [7, 11) is 0. The molecule has 3 aromatic rings. The van der Waals surface area contributed by atoms with Gasteiger partial charge in [-0.3, -0.25) is 9.59 Å². The first-order chi connectivity index (χ1) is 12.5. The fraction of sp³-hybridized carbons (Fsp3) is 0.150. The number of nitrogens with zero attached hydrogens (tertiary/aromatic N) is 2. The summed E-state index contributed by atoms with van der Waals surface area (Å²) < 4.78 is 1.55. The molecule has 0 saturated carbocycles. The maximum absolute atomic E-state index is 12.5. The number of anilines is 1. The predicted molar refractivity (Wildman–Crippen MR) is 100 cm³/mol. The summed E-state index contributed by atoms with van der Waals surface area (Å²) in [6.07, 6.45) is 0. The molecule has 2 amide bonds. The van der Waals surface area contributed by atoms with E-state index in [1.807, 2.05) is 61.5 Å². The normalized spacial score (nSPS) is 10.4. The lowest BCUT2D eigenvalue weighted by atomic mass is 10.1. The third-order valence-corrected chi connectivity index (χ3v) is 3.95. The maximum Gasteiger partial charge on any atom is 0.272 e. The van der Waals surface area contributed by atoms with Crippen LogP contribution in [0.4, 0.5) is 5.82 Å². The van der Waals surface area contributed by atoms with Crippen molar-refractivity contribution in [3.8, 4) is 5.69 Å². The molecule has 0 aliphatic rings. The molecule has 26 heavy (non-hydrogen) atoms. The van der Waals surface area contributed by atoms with E-state index >= 15 is 0 Å². The molecule has 3 rings (SSSR count). The molecule has 0 fully saturated rings. The lowest BCUT2D eigenvalue weighted by molar-refractivity contribution is -0.114. The summed E-state index contributed by atoms with van der Waals surface area (Å²) in [5.41, 5.74) is 3.16. The molecule has 2 aromatic carbocycles. The van der Waals surface area contributed by atoms with Crippen LogP contribution in [0.5, 0.6) is 0 Å². The van der Waals surface area contributed by atoms with Gasteiger partial charge in [-0.05, 0) is 30.2 Å². The number of amides is 2. The Morgan fingerprint density at radius 3 is 2.42 bits per heavy atom. The molecule has 6 heteroatoms. The van der Waals surface area contributed by atoms with Crippen LogP contribution < -0.4 is 10.6 Å². The van der Waals surface area contributed by atoms with Crippen molar-refractivity contribution in [3.63, 3.8) is 0 Å². The van der Waals surface area contributed by atoms with Crippen molar-refractivity contribution in [3.05, 3.63) is 77.5 Å². The Labute approximate surface area is 151 Å². The van der Waals surface area contributed by atoms with Crippen LogP contribution >= 0.6 is 0 Å². The van der Waals surface area contributed by atoms with E-state index < -0.39 is 0 Å². The van der Waals surface area contributed by atoms with E-state index in [1.165, 1.54) is 6.92 Å². The van der Waals surface area contributed by atoms with E-state index in [9.17, 15) is 9.59 Å². The van der Waals surface area contributed by atoms with Crippen LogP contribution in [-0.4, -0.2) is 21.6 Å². The number of hydrogen-bond acceptors (Lipinski definition) is 3. The minimum atomic E-state index is -0.297. The van der Waals surface area contributed by atoms with E-state index in [4.69, 9.17) is 0 Å². The molecule has 0 atom stereocenters. The van der Waals surface area contributed by atoms with E-state index in [-0.39, 0.29) is 17.5 Å². The summed E-state index contributed by atoms with van der Waals surface area (Å²) in [6.45, 7) is 3.83. The summed E-state index contributed by atoms with van der Waals surface area (Å²) in [6, 6.07) is 18.8. The summed E-state index contributed by atoms with van der Waals surface area (Å²) >= 11 is 0. The highest BCUT2D eigenvalue weighted by atomic mass is 16.2. The van der Waals surface area contributed by atoms with Gasteiger partial charge in [0.25, 0.3) is 5.91 Å². The maximum atomic E-state index is 12.5. The van der Waals surface area contributed by atoms with Gasteiger partial charge < -0.3 is 10.6 Å². The highest BCUT2D eigenvalue weighted by molar-refractivity contribution is 5.95. The Morgan fingerprint density at radius 1 is 1.04 bits per heavy atom. The fourth-order valence-electron chi connectivity index (χ4n) is 2.60. The first-order valence-electron chi connectivity index (χ1n) is 8.30. The second-order valence-electron chi connectivity index (χ2n) is 5.95. The lowest BCUT2D eigenvalue weighted by Crippen LogP contribution is -2.23. The number of hydrogen-bond donors (Lipinski definition) is 2. The van der Waals surface area contributed by atoms with Gasteiger partial charge in [-0.25, -0.2) is 4.68 Å². The first-order valence-corrected chi connectivity index (χ1v) is 8.30. The van der Waals surface area contributed by atoms with Gasteiger partial charge in [0.1, 0.15) is 5.82 Å². The molecule has 132 valence electrons. The Morgan fingerprint density at radius 2 is 1.73 bits per heavy atom. The number of rotatable bonds is 5. The van der Waals surface area contributed by atoms with Gasteiger partial charge in [0.05, 0.1) is 5.69 Å². The Balaban J connectivity index is 1.83. The molecule has 2 N–H and O–H groups in total. The minimum absolute atomic E-state index is 0.228. The van der Waals surface area contributed by atoms with Crippen LogP contribution in [0, 0.1) is 6.92 Å². The standard InChI is InChI=1S/C20H20N4O2/c1-14-8-6-7-9-16(14)13-21-20(26)18-12-19(22-15(2)25)24(23-18)17-10-4-3-5-11-17/h3-12H,13H2,1-2H3,(H,21,26)(H,22,25). The van der Waals surface area contributed by atoms with Gasteiger partial charge in [0.15, 0.2) is 5.69 Å². The van der Waals surface area contributed by atoms with Gasteiger partial charge in [-0.15, -0.1) is 0 Å². The van der Waals surface area contributed by atoms with Crippen LogP contribution in [-0.2, 0) is 11.3 Å².